The summed E-state index contributed by atoms with van der Waals surface area (Å²) in [6.07, 6.45) is 0. The fourth-order valence-electron chi connectivity index (χ4n) is 3.21. The second-order valence-corrected chi connectivity index (χ2v) is 7.86. The summed E-state index contributed by atoms with van der Waals surface area (Å²) in [6.45, 7) is 1.52. The first-order valence-electron chi connectivity index (χ1n) is 7.93. The topological polar surface area (TPSA) is 46.2 Å². The predicted octanol–water partition coefficient (Wildman–Crippen LogP) is 5.30. The number of ketones is 1. The molecular weight excluding hydrogens is 373 g/mol. The summed E-state index contributed by atoms with van der Waals surface area (Å²) in [7, 11) is 0. The van der Waals surface area contributed by atoms with Gasteiger partial charge in [-0.1, -0.05) is 54.1 Å². The van der Waals surface area contributed by atoms with Crippen LogP contribution in [0.2, 0.25) is 4.34 Å². The highest BCUT2D eigenvalue weighted by Gasteiger charge is 2.49. The molecule has 1 amide bonds. The summed E-state index contributed by atoms with van der Waals surface area (Å²) in [6, 6.07) is 14.9. The molecule has 0 spiro atoms. The van der Waals surface area contributed by atoms with Crippen molar-refractivity contribution >= 4 is 39.6 Å². The molecule has 1 aromatic heterocycles. The van der Waals surface area contributed by atoms with E-state index in [0.717, 1.165) is 16.9 Å². The van der Waals surface area contributed by atoms with Crippen molar-refractivity contribution in [3.63, 3.8) is 0 Å². The number of rotatable bonds is 2. The van der Waals surface area contributed by atoms with Crippen molar-refractivity contribution in [3.8, 4) is 11.1 Å². The highest BCUT2D eigenvalue weighted by molar-refractivity contribution is 7.21. The highest BCUT2D eigenvalue weighted by atomic mass is 35.5. The van der Waals surface area contributed by atoms with E-state index in [-0.39, 0.29) is 5.78 Å². The molecule has 1 aliphatic rings. The number of carbonyl (C=O) groups excluding carboxylic acids is 2. The molecule has 0 radical (unpaired) electrons. The second kappa shape index (κ2) is 6.04. The maximum atomic E-state index is 13.7. The van der Waals surface area contributed by atoms with Crippen LogP contribution in [0.4, 0.5) is 9.39 Å². The SMILES string of the molecule is CC1(c2cccc(F)c2)C(=O)Nc2sc(Cl)c(-c3ccccc3)c2C1=O. The van der Waals surface area contributed by atoms with Crippen LogP contribution in [0.25, 0.3) is 11.1 Å². The lowest BCUT2D eigenvalue weighted by atomic mass is 9.73. The van der Waals surface area contributed by atoms with Crippen molar-refractivity contribution in [2.45, 2.75) is 12.3 Å². The molecule has 1 unspecified atom stereocenters. The second-order valence-electron chi connectivity index (χ2n) is 6.24. The minimum Gasteiger partial charge on any atom is -0.316 e. The lowest BCUT2D eigenvalue weighted by molar-refractivity contribution is -0.119. The first-order chi connectivity index (χ1) is 12.4. The molecule has 1 aliphatic heterocycles. The van der Waals surface area contributed by atoms with Crippen LogP contribution in [0, 0.1) is 5.82 Å². The normalized spacial score (nSPS) is 19.2. The largest absolute Gasteiger partial charge is 0.316 e. The van der Waals surface area contributed by atoms with Gasteiger partial charge in [-0.05, 0) is 30.2 Å². The average Bonchev–Trinajstić information content (AvgIpc) is 2.96. The van der Waals surface area contributed by atoms with Crippen molar-refractivity contribution in [2.75, 3.05) is 5.32 Å². The Balaban J connectivity index is 1.94. The number of anilines is 1. The molecule has 2 heterocycles. The monoisotopic (exact) mass is 385 g/mol. The molecule has 130 valence electrons. The van der Waals surface area contributed by atoms with Gasteiger partial charge < -0.3 is 5.32 Å². The van der Waals surface area contributed by atoms with Gasteiger partial charge in [0.05, 0.1) is 5.56 Å². The zero-order valence-electron chi connectivity index (χ0n) is 13.7. The van der Waals surface area contributed by atoms with Gasteiger partial charge >= 0.3 is 0 Å². The Kier molecular flexibility index (Phi) is 3.93. The Hall–Kier alpha value is -2.50. The minimum absolute atomic E-state index is 0.312. The van der Waals surface area contributed by atoms with E-state index < -0.39 is 17.1 Å². The molecule has 4 rings (SSSR count). The lowest BCUT2D eigenvalue weighted by Crippen LogP contribution is -2.48. The van der Waals surface area contributed by atoms with Crippen molar-refractivity contribution in [3.05, 3.63) is 75.9 Å². The molecular formula is C20H13ClFNO2S. The van der Waals surface area contributed by atoms with Gasteiger partial charge in [0, 0.05) is 5.56 Å². The first-order valence-corrected chi connectivity index (χ1v) is 9.12. The third-order valence-electron chi connectivity index (χ3n) is 4.69. The summed E-state index contributed by atoms with van der Waals surface area (Å²) in [4.78, 5) is 26.2. The van der Waals surface area contributed by atoms with Crippen LogP contribution in [-0.4, -0.2) is 11.7 Å². The zero-order valence-corrected chi connectivity index (χ0v) is 15.2. The fourth-order valence-corrected chi connectivity index (χ4v) is 4.59. The smallest absolute Gasteiger partial charge is 0.243 e. The number of carbonyl (C=O) groups is 2. The molecule has 1 N–H and O–H groups in total. The minimum atomic E-state index is -1.52. The third-order valence-corrected chi connectivity index (χ3v) is 6.01. The molecule has 2 aromatic carbocycles. The molecule has 0 saturated heterocycles. The number of amides is 1. The van der Waals surface area contributed by atoms with Gasteiger partial charge in [-0.15, -0.1) is 11.3 Å². The number of hydrogen-bond acceptors (Lipinski definition) is 3. The quantitative estimate of drug-likeness (QED) is 0.608. The van der Waals surface area contributed by atoms with E-state index in [9.17, 15) is 14.0 Å². The van der Waals surface area contributed by atoms with Crippen LogP contribution >= 0.6 is 22.9 Å². The summed E-state index contributed by atoms with van der Waals surface area (Å²) in [5, 5.41) is 3.21. The molecule has 6 heteroatoms. The summed E-state index contributed by atoms with van der Waals surface area (Å²) in [5.41, 5.74) is 0.550. The van der Waals surface area contributed by atoms with E-state index in [2.05, 4.69) is 5.32 Å². The number of hydrogen-bond donors (Lipinski definition) is 1. The van der Waals surface area contributed by atoms with Crippen molar-refractivity contribution in [1.29, 1.82) is 0 Å². The molecule has 1 atom stereocenters. The van der Waals surface area contributed by atoms with Gasteiger partial charge in [-0.3, -0.25) is 9.59 Å². The standard InChI is InChI=1S/C20H13ClFNO2S/c1-20(12-8-5-9-13(22)10-12)16(24)15-14(11-6-3-2-4-7-11)17(21)26-18(15)23-19(20)25/h2-10H,1H3,(H,23,25). The number of nitrogens with one attached hydrogen (secondary N) is 1. The third kappa shape index (κ3) is 2.39. The number of benzene rings is 2. The van der Waals surface area contributed by atoms with Gasteiger partial charge in [-0.25, -0.2) is 4.39 Å². The summed E-state index contributed by atoms with van der Waals surface area (Å²) in [5.74, 6) is -1.37. The van der Waals surface area contributed by atoms with E-state index in [4.69, 9.17) is 11.6 Å². The molecule has 0 bridgehead atoms. The number of thiophene rings is 1. The lowest BCUT2D eigenvalue weighted by Gasteiger charge is -2.31. The Morgan fingerprint density at radius 2 is 1.77 bits per heavy atom. The molecule has 3 nitrogen and oxygen atoms in total. The van der Waals surface area contributed by atoms with Gasteiger partial charge in [0.25, 0.3) is 0 Å². The van der Waals surface area contributed by atoms with Crippen LogP contribution in [-0.2, 0) is 10.2 Å². The Bertz CT molecular complexity index is 1050. The maximum Gasteiger partial charge on any atom is 0.243 e. The molecule has 0 saturated carbocycles. The van der Waals surface area contributed by atoms with Gasteiger partial charge in [0.15, 0.2) is 5.78 Å². The summed E-state index contributed by atoms with van der Waals surface area (Å²) >= 11 is 7.56. The Labute approximate surface area is 158 Å². The Morgan fingerprint density at radius 3 is 2.46 bits per heavy atom. The Morgan fingerprint density at radius 1 is 1.04 bits per heavy atom. The fraction of sp³-hybridized carbons (Fsp3) is 0.100. The van der Waals surface area contributed by atoms with E-state index in [1.54, 1.807) is 6.07 Å². The maximum absolute atomic E-state index is 13.7. The van der Waals surface area contributed by atoms with Gasteiger partial charge in [0.2, 0.25) is 5.91 Å². The van der Waals surface area contributed by atoms with E-state index in [0.29, 0.717) is 26.0 Å². The predicted molar refractivity (Wildman–Crippen MR) is 101 cm³/mol. The average molecular weight is 386 g/mol. The van der Waals surface area contributed by atoms with Gasteiger partial charge in [-0.2, -0.15) is 0 Å². The van der Waals surface area contributed by atoms with Crippen molar-refractivity contribution in [1.82, 2.24) is 0 Å². The molecule has 26 heavy (non-hydrogen) atoms. The van der Waals surface area contributed by atoms with E-state index in [1.807, 2.05) is 30.3 Å². The van der Waals surface area contributed by atoms with Crippen LogP contribution in [0.3, 0.4) is 0 Å². The number of Topliss-reactive ketones (excluding diaryl/α,β-unsaturated/α-hetero) is 1. The number of halogens is 2. The van der Waals surface area contributed by atoms with Crippen molar-refractivity contribution in [2.24, 2.45) is 0 Å². The van der Waals surface area contributed by atoms with E-state index >= 15 is 0 Å². The van der Waals surface area contributed by atoms with Crippen LogP contribution < -0.4 is 5.32 Å². The molecule has 0 aliphatic carbocycles. The zero-order chi connectivity index (χ0) is 18.5. The van der Waals surface area contributed by atoms with Crippen LogP contribution in [0.5, 0.6) is 0 Å². The van der Waals surface area contributed by atoms with E-state index in [1.165, 1.54) is 25.1 Å². The van der Waals surface area contributed by atoms with Crippen LogP contribution in [0.15, 0.2) is 54.6 Å². The highest BCUT2D eigenvalue weighted by Crippen LogP contribution is 2.49. The first kappa shape index (κ1) is 16.9. The van der Waals surface area contributed by atoms with Crippen molar-refractivity contribution < 1.29 is 14.0 Å². The van der Waals surface area contributed by atoms with Gasteiger partial charge in [0.1, 0.15) is 20.6 Å². The summed E-state index contributed by atoms with van der Waals surface area (Å²) < 4.78 is 14.2. The number of fused-ring (bicyclic) bond motifs is 1. The molecule has 3 aromatic rings. The molecule has 0 fully saturated rings. The van der Waals surface area contributed by atoms with Crippen LogP contribution in [0.1, 0.15) is 22.8 Å².